The predicted octanol–water partition coefficient (Wildman–Crippen LogP) is 3.76. The minimum Gasteiger partial charge on any atom is -0.504 e. The van der Waals surface area contributed by atoms with Crippen LogP contribution in [0.1, 0.15) is 11.3 Å². The van der Waals surface area contributed by atoms with Gasteiger partial charge in [0.1, 0.15) is 6.61 Å². The van der Waals surface area contributed by atoms with Gasteiger partial charge in [0.15, 0.2) is 11.5 Å². The standard InChI is InChI=1S/C16H15NO2/c1-11-5-4-6-14-13(11)9-12(17-14)10-19-16-8-3-2-7-15(16)18/h2-9,17-18H,10H2,1H3. The van der Waals surface area contributed by atoms with E-state index in [0.29, 0.717) is 12.4 Å². The molecule has 96 valence electrons. The lowest BCUT2D eigenvalue weighted by Gasteiger charge is -2.05. The molecule has 0 spiro atoms. The average molecular weight is 253 g/mol. The summed E-state index contributed by atoms with van der Waals surface area (Å²) in [5.74, 6) is 0.660. The maximum Gasteiger partial charge on any atom is 0.161 e. The summed E-state index contributed by atoms with van der Waals surface area (Å²) in [5, 5.41) is 10.8. The monoisotopic (exact) mass is 253 g/mol. The van der Waals surface area contributed by atoms with Crippen LogP contribution in [-0.4, -0.2) is 10.1 Å². The van der Waals surface area contributed by atoms with Crippen molar-refractivity contribution in [2.24, 2.45) is 0 Å². The Kier molecular flexibility index (Phi) is 2.88. The molecule has 2 aromatic carbocycles. The summed E-state index contributed by atoms with van der Waals surface area (Å²) < 4.78 is 5.61. The van der Waals surface area contributed by atoms with E-state index >= 15 is 0 Å². The topological polar surface area (TPSA) is 45.2 Å². The number of phenolic OH excluding ortho intramolecular Hbond substituents is 1. The van der Waals surface area contributed by atoms with Crippen LogP contribution >= 0.6 is 0 Å². The highest BCUT2D eigenvalue weighted by Gasteiger charge is 2.05. The molecule has 0 amide bonds. The second-order valence-electron chi connectivity index (χ2n) is 4.59. The van der Waals surface area contributed by atoms with Crippen molar-refractivity contribution in [3.63, 3.8) is 0 Å². The summed E-state index contributed by atoms with van der Waals surface area (Å²) in [7, 11) is 0. The Balaban J connectivity index is 1.83. The van der Waals surface area contributed by atoms with Gasteiger partial charge in [-0.15, -0.1) is 0 Å². The molecule has 0 bridgehead atoms. The summed E-state index contributed by atoms with van der Waals surface area (Å²) >= 11 is 0. The number of H-pyrrole nitrogens is 1. The van der Waals surface area contributed by atoms with E-state index in [1.807, 2.05) is 18.2 Å². The van der Waals surface area contributed by atoms with Crippen molar-refractivity contribution in [3.8, 4) is 11.5 Å². The molecule has 1 heterocycles. The fourth-order valence-corrected chi connectivity index (χ4v) is 2.18. The number of ether oxygens (including phenoxy) is 1. The number of hydrogen-bond donors (Lipinski definition) is 2. The van der Waals surface area contributed by atoms with Crippen molar-refractivity contribution in [1.29, 1.82) is 0 Å². The van der Waals surface area contributed by atoms with Gasteiger partial charge in [-0.2, -0.15) is 0 Å². The Bertz CT molecular complexity index is 716. The van der Waals surface area contributed by atoms with Crippen LogP contribution in [0.15, 0.2) is 48.5 Å². The van der Waals surface area contributed by atoms with Crippen molar-refractivity contribution >= 4 is 10.9 Å². The molecule has 0 saturated heterocycles. The predicted molar refractivity (Wildman–Crippen MR) is 75.5 cm³/mol. The number of fused-ring (bicyclic) bond motifs is 1. The number of aromatic amines is 1. The highest BCUT2D eigenvalue weighted by Crippen LogP contribution is 2.26. The third-order valence-electron chi connectivity index (χ3n) is 3.19. The Hall–Kier alpha value is -2.42. The molecule has 1 aromatic heterocycles. The van der Waals surface area contributed by atoms with E-state index < -0.39 is 0 Å². The van der Waals surface area contributed by atoms with Crippen LogP contribution in [0.25, 0.3) is 10.9 Å². The maximum atomic E-state index is 9.64. The molecule has 3 nitrogen and oxygen atoms in total. The second-order valence-corrected chi connectivity index (χ2v) is 4.59. The van der Waals surface area contributed by atoms with Crippen LogP contribution in [0.5, 0.6) is 11.5 Å². The molecule has 0 radical (unpaired) electrons. The number of aryl methyl sites for hydroxylation is 1. The Morgan fingerprint density at radius 3 is 2.74 bits per heavy atom. The number of aromatic hydroxyl groups is 1. The van der Waals surface area contributed by atoms with E-state index in [1.54, 1.807) is 18.2 Å². The van der Waals surface area contributed by atoms with Gasteiger partial charge >= 0.3 is 0 Å². The molecule has 2 N–H and O–H groups in total. The Morgan fingerprint density at radius 1 is 1.11 bits per heavy atom. The van der Waals surface area contributed by atoms with E-state index in [0.717, 1.165) is 11.2 Å². The zero-order chi connectivity index (χ0) is 13.2. The molecule has 0 unspecified atom stereocenters. The van der Waals surface area contributed by atoms with Crippen LogP contribution < -0.4 is 4.74 Å². The van der Waals surface area contributed by atoms with E-state index in [1.165, 1.54) is 10.9 Å². The van der Waals surface area contributed by atoms with Crippen LogP contribution in [0, 0.1) is 6.92 Å². The van der Waals surface area contributed by atoms with Crippen molar-refractivity contribution in [3.05, 3.63) is 59.8 Å². The number of benzene rings is 2. The minimum absolute atomic E-state index is 0.162. The lowest BCUT2D eigenvalue weighted by molar-refractivity contribution is 0.286. The van der Waals surface area contributed by atoms with Gasteiger partial charge in [-0.05, 0) is 36.8 Å². The quantitative estimate of drug-likeness (QED) is 0.746. The molecule has 19 heavy (non-hydrogen) atoms. The van der Waals surface area contributed by atoms with Crippen LogP contribution in [0.2, 0.25) is 0 Å². The van der Waals surface area contributed by atoms with Gasteiger partial charge in [-0.25, -0.2) is 0 Å². The first-order valence-electron chi connectivity index (χ1n) is 6.22. The highest BCUT2D eigenvalue weighted by atomic mass is 16.5. The average Bonchev–Trinajstić information content (AvgIpc) is 2.82. The molecule has 0 fully saturated rings. The molecule has 3 aromatic rings. The van der Waals surface area contributed by atoms with Crippen LogP contribution in [0.3, 0.4) is 0 Å². The zero-order valence-electron chi connectivity index (χ0n) is 10.7. The fraction of sp³-hybridized carbons (Fsp3) is 0.125. The van der Waals surface area contributed by atoms with E-state index in [2.05, 4.69) is 24.0 Å². The van der Waals surface area contributed by atoms with E-state index in [-0.39, 0.29) is 5.75 Å². The Morgan fingerprint density at radius 2 is 1.95 bits per heavy atom. The van der Waals surface area contributed by atoms with Gasteiger partial charge in [-0.3, -0.25) is 0 Å². The molecule has 0 aliphatic rings. The number of rotatable bonds is 3. The van der Waals surface area contributed by atoms with Gasteiger partial charge in [-0.1, -0.05) is 24.3 Å². The number of hydrogen-bond acceptors (Lipinski definition) is 2. The summed E-state index contributed by atoms with van der Waals surface area (Å²) in [6.07, 6.45) is 0. The number of para-hydroxylation sites is 2. The first-order chi connectivity index (χ1) is 9.24. The van der Waals surface area contributed by atoms with Gasteiger partial charge in [0.25, 0.3) is 0 Å². The summed E-state index contributed by atoms with van der Waals surface area (Å²) in [6.45, 7) is 2.50. The maximum absolute atomic E-state index is 9.64. The third kappa shape index (κ3) is 2.27. The molecule has 0 aliphatic carbocycles. The number of aromatic nitrogens is 1. The number of phenols is 1. The SMILES string of the molecule is Cc1cccc2[nH]c(COc3ccccc3O)cc12. The molecule has 0 atom stereocenters. The first kappa shape index (κ1) is 11.7. The lowest BCUT2D eigenvalue weighted by atomic mass is 10.1. The number of nitrogens with one attached hydrogen (secondary N) is 1. The minimum atomic E-state index is 0.162. The molecule has 0 aliphatic heterocycles. The van der Waals surface area contributed by atoms with Crippen LogP contribution in [-0.2, 0) is 6.61 Å². The molecular weight excluding hydrogens is 238 g/mol. The third-order valence-corrected chi connectivity index (χ3v) is 3.19. The zero-order valence-corrected chi connectivity index (χ0v) is 10.7. The molecule has 0 saturated carbocycles. The summed E-state index contributed by atoms with van der Waals surface area (Å²) in [5.41, 5.74) is 3.34. The van der Waals surface area contributed by atoms with E-state index in [9.17, 15) is 5.11 Å². The Labute approximate surface area is 111 Å². The highest BCUT2D eigenvalue weighted by molar-refractivity contribution is 5.83. The van der Waals surface area contributed by atoms with Crippen molar-refractivity contribution in [2.45, 2.75) is 13.5 Å². The summed E-state index contributed by atoms with van der Waals surface area (Å²) in [6, 6.07) is 15.2. The fourth-order valence-electron chi connectivity index (χ4n) is 2.18. The van der Waals surface area contributed by atoms with Crippen LogP contribution in [0.4, 0.5) is 0 Å². The normalized spacial score (nSPS) is 10.8. The molecular formula is C16H15NO2. The second kappa shape index (κ2) is 4.69. The van der Waals surface area contributed by atoms with Gasteiger partial charge in [0, 0.05) is 10.9 Å². The van der Waals surface area contributed by atoms with Crippen molar-refractivity contribution < 1.29 is 9.84 Å². The molecule has 3 rings (SSSR count). The smallest absolute Gasteiger partial charge is 0.161 e. The largest absolute Gasteiger partial charge is 0.504 e. The van der Waals surface area contributed by atoms with Gasteiger partial charge in [0.2, 0.25) is 0 Å². The molecule has 3 heteroatoms. The first-order valence-corrected chi connectivity index (χ1v) is 6.22. The van der Waals surface area contributed by atoms with E-state index in [4.69, 9.17) is 4.74 Å². The van der Waals surface area contributed by atoms with Crippen molar-refractivity contribution in [1.82, 2.24) is 4.98 Å². The van der Waals surface area contributed by atoms with Crippen molar-refractivity contribution in [2.75, 3.05) is 0 Å². The van der Waals surface area contributed by atoms with Gasteiger partial charge in [0.05, 0.1) is 5.69 Å². The van der Waals surface area contributed by atoms with Gasteiger partial charge < -0.3 is 14.8 Å². The summed E-state index contributed by atoms with van der Waals surface area (Å²) in [4.78, 5) is 3.32. The lowest BCUT2D eigenvalue weighted by Crippen LogP contribution is -1.95.